The fraction of sp³-hybridized carbons (Fsp3) is 0.250. The average molecular weight is 371 g/mol. The van der Waals surface area contributed by atoms with Crippen LogP contribution in [0.25, 0.3) is 6.08 Å². The summed E-state index contributed by atoms with van der Waals surface area (Å²) < 4.78 is 28.5. The average Bonchev–Trinajstić information content (AvgIpc) is 2.98. The third kappa shape index (κ3) is 5.46. The highest BCUT2D eigenvalue weighted by atomic mass is 32.2. The Bertz CT molecular complexity index is 874. The monoisotopic (exact) mass is 371 g/mol. The van der Waals surface area contributed by atoms with Crippen LogP contribution in [0.2, 0.25) is 0 Å². The number of amides is 1. The van der Waals surface area contributed by atoms with Crippen LogP contribution in [0.5, 0.6) is 5.75 Å². The standard InChI is InChI=1S/C20H21NO4S/c22-20(21-18-12-13-26(23,24)15-18)11-8-16-6-9-19(10-7-16)25-14-17-4-2-1-3-5-17/h1-11,18H,12-15H2,(H,21,22)/b11-8+/t18-/m0/s1. The van der Waals surface area contributed by atoms with Crippen LogP contribution in [0, 0.1) is 0 Å². The molecule has 1 N–H and O–H groups in total. The molecular weight excluding hydrogens is 350 g/mol. The van der Waals surface area contributed by atoms with Crippen molar-refractivity contribution in [1.29, 1.82) is 0 Å². The molecule has 0 spiro atoms. The van der Waals surface area contributed by atoms with Gasteiger partial charge in [-0.15, -0.1) is 0 Å². The highest BCUT2D eigenvalue weighted by molar-refractivity contribution is 7.91. The van der Waals surface area contributed by atoms with Gasteiger partial charge < -0.3 is 10.1 Å². The van der Waals surface area contributed by atoms with E-state index in [0.29, 0.717) is 13.0 Å². The SMILES string of the molecule is O=C(/C=C/c1ccc(OCc2ccccc2)cc1)N[C@H]1CCS(=O)(=O)C1. The van der Waals surface area contributed by atoms with Gasteiger partial charge in [-0.2, -0.15) is 0 Å². The Labute approximate surface area is 153 Å². The van der Waals surface area contributed by atoms with Crippen molar-refractivity contribution in [2.24, 2.45) is 0 Å². The molecule has 1 amide bonds. The molecule has 0 unspecified atom stereocenters. The van der Waals surface area contributed by atoms with Crippen molar-refractivity contribution in [2.45, 2.75) is 19.1 Å². The lowest BCUT2D eigenvalue weighted by atomic mass is 10.2. The van der Waals surface area contributed by atoms with Gasteiger partial charge in [0.2, 0.25) is 5.91 Å². The molecule has 5 nitrogen and oxygen atoms in total. The molecule has 0 bridgehead atoms. The zero-order valence-electron chi connectivity index (χ0n) is 14.3. The normalized spacial score (nSPS) is 18.7. The van der Waals surface area contributed by atoms with Gasteiger partial charge >= 0.3 is 0 Å². The van der Waals surface area contributed by atoms with Gasteiger partial charge in [0, 0.05) is 12.1 Å². The molecule has 1 atom stereocenters. The Balaban J connectivity index is 1.49. The fourth-order valence-electron chi connectivity index (χ4n) is 2.75. The van der Waals surface area contributed by atoms with Crippen molar-refractivity contribution in [3.8, 4) is 5.75 Å². The number of benzene rings is 2. The van der Waals surface area contributed by atoms with Crippen molar-refractivity contribution >= 4 is 21.8 Å². The molecule has 3 rings (SSSR count). The zero-order valence-corrected chi connectivity index (χ0v) is 15.1. The molecule has 1 aliphatic heterocycles. The van der Waals surface area contributed by atoms with Crippen LogP contribution >= 0.6 is 0 Å². The summed E-state index contributed by atoms with van der Waals surface area (Å²) in [6, 6.07) is 17.1. The molecule has 26 heavy (non-hydrogen) atoms. The van der Waals surface area contributed by atoms with E-state index in [0.717, 1.165) is 16.9 Å². The molecule has 0 aromatic heterocycles. The number of rotatable bonds is 6. The lowest BCUT2D eigenvalue weighted by molar-refractivity contribution is -0.116. The van der Waals surface area contributed by atoms with Crippen LogP contribution < -0.4 is 10.1 Å². The molecule has 1 saturated heterocycles. The highest BCUT2D eigenvalue weighted by Crippen LogP contribution is 2.15. The van der Waals surface area contributed by atoms with E-state index in [2.05, 4.69) is 5.32 Å². The van der Waals surface area contributed by atoms with E-state index in [1.54, 1.807) is 6.08 Å². The van der Waals surface area contributed by atoms with Gasteiger partial charge in [-0.3, -0.25) is 4.79 Å². The first-order valence-electron chi connectivity index (χ1n) is 8.46. The summed E-state index contributed by atoms with van der Waals surface area (Å²) in [5.74, 6) is 0.648. The maximum absolute atomic E-state index is 11.9. The second-order valence-corrected chi connectivity index (χ2v) is 8.51. The number of sulfone groups is 1. The first kappa shape index (κ1) is 18.2. The zero-order chi connectivity index (χ0) is 18.4. The molecule has 1 heterocycles. The van der Waals surface area contributed by atoms with Gasteiger partial charge in [0.15, 0.2) is 9.84 Å². The minimum absolute atomic E-state index is 0.0278. The van der Waals surface area contributed by atoms with Crippen molar-refractivity contribution in [3.63, 3.8) is 0 Å². The molecule has 136 valence electrons. The third-order valence-corrected chi connectivity index (χ3v) is 5.90. The van der Waals surface area contributed by atoms with Crippen LogP contribution in [-0.2, 0) is 21.2 Å². The summed E-state index contributed by atoms with van der Waals surface area (Å²) in [5, 5.41) is 2.72. The van der Waals surface area contributed by atoms with Crippen LogP contribution in [0.4, 0.5) is 0 Å². The molecule has 1 aliphatic rings. The number of hydrogen-bond acceptors (Lipinski definition) is 4. The summed E-state index contributed by atoms with van der Waals surface area (Å²) in [7, 11) is -2.99. The maximum Gasteiger partial charge on any atom is 0.244 e. The molecule has 2 aromatic rings. The van der Waals surface area contributed by atoms with Gasteiger partial charge in [-0.25, -0.2) is 8.42 Å². The number of hydrogen-bond donors (Lipinski definition) is 1. The Kier molecular flexibility index (Phi) is 5.73. The summed E-state index contributed by atoms with van der Waals surface area (Å²) >= 11 is 0. The predicted molar refractivity (Wildman–Crippen MR) is 101 cm³/mol. The topological polar surface area (TPSA) is 72.5 Å². The Morgan fingerprint density at radius 2 is 1.85 bits per heavy atom. The number of ether oxygens (including phenoxy) is 1. The number of carbonyl (C=O) groups excluding carboxylic acids is 1. The van der Waals surface area contributed by atoms with Crippen LogP contribution in [-0.4, -0.2) is 31.9 Å². The molecule has 0 saturated carbocycles. The van der Waals surface area contributed by atoms with E-state index in [4.69, 9.17) is 4.74 Å². The molecule has 0 aliphatic carbocycles. The summed E-state index contributed by atoms with van der Waals surface area (Å²) in [6.07, 6.45) is 3.60. The smallest absolute Gasteiger partial charge is 0.244 e. The largest absolute Gasteiger partial charge is 0.489 e. The van der Waals surface area contributed by atoms with Gasteiger partial charge in [0.25, 0.3) is 0 Å². The van der Waals surface area contributed by atoms with E-state index in [9.17, 15) is 13.2 Å². The summed E-state index contributed by atoms with van der Waals surface area (Å²) in [5.41, 5.74) is 1.97. The highest BCUT2D eigenvalue weighted by Gasteiger charge is 2.28. The first-order chi connectivity index (χ1) is 12.5. The van der Waals surface area contributed by atoms with Gasteiger partial charge in [-0.1, -0.05) is 42.5 Å². The Morgan fingerprint density at radius 3 is 2.50 bits per heavy atom. The van der Waals surface area contributed by atoms with Crippen molar-refractivity contribution in [1.82, 2.24) is 5.32 Å². The van der Waals surface area contributed by atoms with E-state index in [-0.39, 0.29) is 23.5 Å². The summed E-state index contributed by atoms with van der Waals surface area (Å²) in [6.45, 7) is 0.503. The van der Waals surface area contributed by atoms with Gasteiger partial charge in [-0.05, 0) is 35.8 Å². The Hall–Kier alpha value is -2.60. The van der Waals surface area contributed by atoms with Gasteiger partial charge in [0.05, 0.1) is 11.5 Å². The number of nitrogens with one attached hydrogen (secondary N) is 1. The lowest BCUT2D eigenvalue weighted by Crippen LogP contribution is -2.34. The lowest BCUT2D eigenvalue weighted by Gasteiger charge is -2.08. The molecule has 6 heteroatoms. The molecular formula is C20H21NO4S. The van der Waals surface area contributed by atoms with E-state index >= 15 is 0 Å². The maximum atomic E-state index is 11.9. The van der Waals surface area contributed by atoms with Crippen LogP contribution in [0.3, 0.4) is 0 Å². The van der Waals surface area contributed by atoms with Crippen LogP contribution in [0.15, 0.2) is 60.7 Å². The van der Waals surface area contributed by atoms with Gasteiger partial charge in [0.1, 0.15) is 12.4 Å². The molecule has 0 radical (unpaired) electrons. The molecule has 1 fully saturated rings. The summed E-state index contributed by atoms with van der Waals surface area (Å²) in [4.78, 5) is 11.9. The minimum Gasteiger partial charge on any atom is -0.489 e. The fourth-order valence-corrected chi connectivity index (χ4v) is 4.42. The van der Waals surface area contributed by atoms with Crippen LogP contribution in [0.1, 0.15) is 17.5 Å². The first-order valence-corrected chi connectivity index (χ1v) is 10.3. The third-order valence-electron chi connectivity index (χ3n) is 4.13. The quantitative estimate of drug-likeness (QED) is 0.792. The van der Waals surface area contributed by atoms with E-state index in [1.807, 2.05) is 54.6 Å². The van der Waals surface area contributed by atoms with Crippen molar-refractivity contribution in [2.75, 3.05) is 11.5 Å². The van der Waals surface area contributed by atoms with E-state index < -0.39 is 9.84 Å². The second-order valence-electron chi connectivity index (χ2n) is 6.29. The van der Waals surface area contributed by atoms with Crippen molar-refractivity contribution < 1.29 is 17.9 Å². The number of carbonyl (C=O) groups is 1. The van der Waals surface area contributed by atoms with E-state index in [1.165, 1.54) is 6.08 Å². The molecule has 2 aromatic carbocycles. The van der Waals surface area contributed by atoms with Crippen molar-refractivity contribution in [3.05, 3.63) is 71.8 Å². The predicted octanol–water partition coefficient (Wildman–Crippen LogP) is 2.58. The second kappa shape index (κ2) is 8.19. The minimum atomic E-state index is -2.99. The Morgan fingerprint density at radius 1 is 1.12 bits per heavy atom.